The molecule has 21 heavy (non-hydrogen) atoms. The number of hydrogen-bond acceptors (Lipinski definition) is 2. The van der Waals surface area contributed by atoms with Gasteiger partial charge in [0.15, 0.2) is 0 Å². The predicted octanol–water partition coefficient (Wildman–Crippen LogP) is 3.71. The summed E-state index contributed by atoms with van der Waals surface area (Å²) in [6, 6.07) is 7.28. The highest BCUT2D eigenvalue weighted by molar-refractivity contribution is 5.30. The van der Waals surface area contributed by atoms with Gasteiger partial charge in [-0.3, -0.25) is 4.68 Å². The summed E-state index contributed by atoms with van der Waals surface area (Å²) in [7, 11) is 1.97. The molecular formula is C18H27N3. The molecule has 0 amide bonds. The topological polar surface area (TPSA) is 29.9 Å². The number of benzene rings is 1. The van der Waals surface area contributed by atoms with Gasteiger partial charge in [0.2, 0.25) is 0 Å². The van der Waals surface area contributed by atoms with E-state index in [-0.39, 0.29) is 0 Å². The van der Waals surface area contributed by atoms with Gasteiger partial charge in [-0.2, -0.15) is 5.10 Å². The second-order valence-electron chi connectivity index (χ2n) is 5.99. The summed E-state index contributed by atoms with van der Waals surface area (Å²) >= 11 is 0. The van der Waals surface area contributed by atoms with Gasteiger partial charge >= 0.3 is 0 Å². The number of nitrogens with zero attached hydrogens (tertiary/aromatic N) is 2. The van der Waals surface area contributed by atoms with Crippen LogP contribution in [0.3, 0.4) is 0 Å². The molecule has 2 aromatic rings. The van der Waals surface area contributed by atoms with E-state index in [1.807, 2.05) is 17.9 Å². The number of hydrogen-bond donors (Lipinski definition) is 1. The molecule has 3 nitrogen and oxygen atoms in total. The van der Waals surface area contributed by atoms with Gasteiger partial charge in [0.05, 0.1) is 6.20 Å². The molecule has 0 radical (unpaired) electrons. The Morgan fingerprint density at radius 3 is 2.48 bits per heavy atom. The third-order valence-electron chi connectivity index (χ3n) is 3.77. The molecule has 0 bridgehead atoms. The quantitative estimate of drug-likeness (QED) is 0.840. The van der Waals surface area contributed by atoms with E-state index in [4.69, 9.17) is 0 Å². The second kappa shape index (κ2) is 7.41. The lowest BCUT2D eigenvalue weighted by Crippen LogP contribution is -2.23. The van der Waals surface area contributed by atoms with E-state index in [2.05, 4.69) is 55.6 Å². The molecule has 0 saturated carbocycles. The van der Waals surface area contributed by atoms with Gasteiger partial charge in [-0.15, -0.1) is 0 Å². The van der Waals surface area contributed by atoms with E-state index in [0.29, 0.717) is 6.04 Å². The molecule has 0 aliphatic carbocycles. The summed E-state index contributed by atoms with van der Waals surface area (Å²) in [4.78, 5) is 0. The highest BCUT2D eigenvalue weighted by Crippen LogP contribution is 2.22. The summed E-state index contributed by atoms with van der Waals surface area (Å²) < 4.78 is 1.88. The van der Waals surface area contributed by atoms with Crippen molar-refractivity contribution in [3.05, 3.63) is 52.8 Å². The van der Waals surface area contributed by atoms with Gasteiger partial charge in [0, 0.05) is 19.3 Å². The van der Waals surface area contributed by atoms with Crippen LogP contribution >= 0.6 is 0 Å². The minimum absolute atomic E-state index is 0.420. The first-order chi connectivity index (χ1) is 10.1. The van der Waals surface area contributed by atoms with Crippen molar-refractivity contribution in [3.63, 3.8) is 0 Å². The zero-order chi connectivity index (χ0) is 15.2. The molecule has 0 saturated heterocycles. The second-order valence-corrected chi connectivity index (χ2v) is 5.99. The highest BCUT2D eigenvalue weighted by atomic mass is 15.2. The van der Waals surface area contributed by atoms with E-state index in [9.17, 15) is 0 Å². The Balaban J connectivity index is 2.09. The summed E-state index contributed by atoms with van der Waals surface area (Å²) in [6.07, 6.45) is 7.40. The summed E-state index contributed by atoms with van der Waals surface area (Å²) in [5.74, 6) is 0. The van der Waals surface area contributed by atoms with Gasteiger partial charge in [-0.25, -0.2) is 0 Å². The summed E-state index contributed by atoms with van der Waals surface area (Å²) in [6.45, 7) is 7.63. The Bertz CT molecular complexity index is 551. The molecule has 1 aromatic carbocycles. The molecule has 1 aromatic heterocycles. The zero-order valence-electron chi connectivity index (χ0n) is 13.7. The average molecular weight is 285 g/mol. The minimum atomic E-state index is 0.420. The van der Waals surface area contributed by atoms with Crippen LogP contribution in [0.1, 0.15) is 48.1 Å². The smallest absolute Gasteiger partial charge is 0.0521 e. The van der Waals surface area contributed by atoms with Crippen LogP contribution < -0.4 is 5.32 Å². The number of aromatic nitrogens is 2. The largest absolute Gasteiger partial charge is 0.310 e. The maximum Gasteiger partial charge on any atom is 0.0521 e. The van der Waals surface area contributed by atoms with Crippen LogP contribution in [0.15, 0.2) is 30.6 Å². The van der Waals surface area contributed by atoms with Crippen molar-refractivity contribution in [2.24, 2.45) is 7.05 Å². The van der Waals surface area contributed by atoms with E-state index in [0.717, 1.165) is 25.8 Å². The zero-order valence-corrected chi connectivity index (χ0v) is 13.7. The predicted molar refractivity (Wildman–Crippen MR) is 88.5 cm³/mol. The average Bonchev–Trinajstić information content (AvgIpc) is 2.83. The van der Waals surface area contributed by atoms with E-state index < -0.39 is 0 Å². The van der Waals surface area contributed by atoms with Crippen molar-refractivity contribution in [1.29, 1.82) is 0 Å². The van der Waals surface area contributed by atoms with Crippen molar-refractivity contribution >= 4 is 0 Å². The standard InChI is InChI=1S/C18H27N3/c1-5-8-19-18(7-6-16-12-20-21(4)13-16)17-10-14(2)9-15(3)11-17/h9-13,18-19H,5-8H2,1-4H3. The lowest BCUT2D eigenvalue weighted by atomic mass is 9.96. The first-order valence-corrected chi connectivity index (χ1v) is 7.87. The van der Waals surface area contributed by atoms with Gasteiger partial charge < -0.3 is 5.32 Å². The Labute approximate surface area is 128 Å². The molecule has 1 N–H and O–H groups in total. The fourth-order valence-electron chi connectivity index (χ4n) is 2.83. The van der Waals surface area contributed by atoms with Crippen LogP contribution in [0, 0.1) is 13.8 Å². The molecule has 0 aliphatic rings. The van der Waals surface area contributed by atoms with Gasteiger partial charge in [0.1, 0.15) is 0 Å². The monoisotopic (exact) mass is 285 g/mol. The Morgan fingerprint density at radius 2 is 1.90 bits per heavy atom. The summed E-state index contributed by atoms with van der Waals surface area (Å²) in [5, 5.41) is 7.94. The molecule has 0 aliphatic heterocycles. The fraction of sp³-hybridized carbons (Fsp3) is 0.500. The maximum absolute atomic E-state index is 4.25. The molecule has 1 atom stereocenters. The van der Waals surface area contributed by atoms with Gasteiger partial charge in [-0.05, 0) is 50.8 Å². The Morgan fingerprint density at radius 1 is 1.19 bits per heavy atom. The third kappa shape index (κ3) is 4.71. The molecule has 1 unspecified atom stereocenters. The Hall–Kier alpha value is -1.61. The van der Waals surface area contributed by atoms with E-state index in [1.54, 1.807) is 0 Å². The molecule has 2 rings (SSSR count). The van der Waals surface area contributed by atoms with Crippen molar-refractivity contribution in [1.82, 2.24) is 15.1 Å². The Kier molecular flexibility index (Phi) is 5.57. The first kappa shape index (κ1) is 15.8. The van der Waals surface area contributed by atoms with E-state index in [1.165, 1.54) is 22.3 Å². The van der Waals surface area contributed by atoms with E-state index >= 15 is 0 Å². The van der Waals surface area contributed by atoms with Crippen LogP contribution in [0.4, 0.5) is 0 Å². The van der Waals surface area contributed by atoms with Crippen LogP contribution in [0.2, 0.25) is 0 Å². The lowest BCUT2D eigenvalue weighted by molar-refractivity contribution is 0.499. The van der Waals surface area contributed by atoms with Crippen LogP contribution in [0.5, 0.6) is 0 Å². The molecule has 1 heterocycles. The number of aryl methyl sites for hydroxylation is 4. The van der Waals surface area contributed by atoms with Crippen molar-refractivity contribution in [3.8, 4) is 0 Å². The van der Waals surface area contributed by atoms with Gasteiger partial charge in [-0.1, -0.05) is 36.2 Å². The fourth-order valence-corrected chi connectivity index (χ4v) is 2.83. The first-order valence-electron chi connectivity index (χ1n) is 7.87. The van der Waals surface area contributed by atoms with Crippen molar-refractivity contribution in [2.45, 2.75) is 46.1 Å². The van der Waals surface area contributed by atoms with Gasteiger partial charge in [0.25, 0.3) is 0 Å². The van der Waals surface area contributed by atoms with Crippen LogP contribution in [-0.4, -0.2) is 16.3 Å². The van der Waals surface area contributed by atoms with Crippen molar-refractivity contribution < 1.29 is 0 Å². The van der Waals surface area contributed by atoms with Crippen molar-refractivity contribution in [2.75, 3.05) is 6.54 Å². The maximum atomic E-state index is 4.25. The third-order valence-corrected chi connectivity index (χ3v) is 3.77. The number of nitrogens with one attached hydrogen (secondary N) is 1. The lowest BCUT2D eigenvalue weighted by Gasteiger charge is -2.20. The molecule has 0 spiro atoms. The van der Waals surface area contributed by atoms with Crippen LogP contribution in [0.25, 0.3) is 0 Å². The SMILES string of the molecule is CCCNC(CCc1cnn(C)c1)c1cc(C)cc(C)c1. The molecule has 0 fully saturated rings. The molecule has 114 valence electrons. The highest BCUT2D eigenvalue weighted by Gasteiger charge is 2.12. The molecular weight excluding hydrogens is 258 g/mol. The normalized spacial score (nSPS) is 12.6. The number of rotatable bonds is 7. The molecule has 3 heteroatoms. The summed E-state index contributed by atoms with van der Waals surface area (Å²) in [5.41, 5.74) is 5.40. The van der Waals surface area contributed by atoms with Crippen LogP contribution in [-0.2, 0) is 13.5 Å². The minimum Gasteiger partial charge on any atom is -0.310 e.